The molecule has 2 fully saturated rings. The van der Waals surface area contributed by atoms with Crippen LogP contribution in [0, 0.1) is 11.8 Å². The van der Waals surface area contributed by atoms with Crippen molar-refractivity contribution in [3.63, 3.8) is 0 Å². The topological polar surface area (TPSA) is 55.8 Å². The van der Waals surface area contributed by atoms with Gasteiger partial charge in [-0.25, -0.2) is 0 Å². The lowest BCUT2D eigenvalue weighted by Gasteiger charge is -2.22. The van der Waals surface area contributed by atoms with Crippen LogP contribution in [0.2, 0.25) is 0 Å². The van der Waals surface area contributed by atoms with Crippen LogP contribution in [0.25, 0.3) is 0 Å². The Morgan fingerprint density at radius 2 is 2.17 bits per heavy atom. The van der Waals surface area contributed by atoms with Gasteiger partial charge in [-0.05, 0) is 12.0 Å². The maximum atomic E-state index is 13.0. The van der Waals surface area contributed by atoms with Gasteiger partial charge < -0.3 is 14.4 Å². The van der Waals surface area contributed by atoms with Crippen LogP contribution in [0.5, 0.6) is 0 Å². The number of hydrogen-bond donors (Lipinski definition) is 0. The van der Waals surface area contributed by atoms with E-state index < -0.39 is 17.4 Å². The molecule has 4 atom stereocenters. The zero-order valence-corrected chi connectivity index (χ0v) is 13.7. The Hall–Kier alpha value is -2.14. The molecule has 24 heavy (non-hydrogen) atoms. The van der Waals surface area contributed by atoms with Crippen molar-refractivity contribution in [2.24, 2.45) is 11.8 Å². The number of carbonyl (C=O) groups is 2. The quantitative estimate of drug-likeness (QED) is 0.612. The van der Waals surface area contributed by atoms with Crippen molar-refractivity contribution >= 4 is 11.9 Å². The lowest BCUT2D eigenvalue weighted by atomic mass is 9.77. The van der Waals surface area contributed by atoms with Gasteiger partial charge in [0.15, 0.2) is 0 Å². The zero-order chi connectivity index (χ0) is 16.7. The van der Waals surface area contributed by atoms with E-state index in [-0.39, 0.29) is 18.0 Å². The monoisotopic (exact) mass is 327 g/mol. The molecule has 2 unspecified atom stereocenters. The van der Waals surface area contributed by atoms with Gasteiger partial charge in [-0.3, -0.25) is 9.59 Å². The molecule has 0 N–H and O–H groups in total. The van der Waals surface area contributed by atoms with E-state index in [4.69, 9.17) is 9.47 Å². The Balaban J connectivity index is 1.56. The van der Waals surface area contributed by atoms with Gasteiger partial charge in [0, 0.05) is 6.54 Å². The Morgan fingerprint density at radius 1 is 1.38 bits per heavy atom. The van der Waals surface area contributed by atoms with Crippen molar-refractivity contribution in [2.75, 3.05) is 13.2 Å². The number of hydrogen-bond acceptors (Lipinski definition) is 4. The summed E-state index contributed by atoms with van der Waals surface area (Å²) in [6.07, 6.45) is 4.31. The minimum absolute atomic E-state index is 0.0100. The second kappa shape index (κ2) is 5.74. The fourth-order valence-corrected chi connectivity index (χ4v) is 4.08. The zero-order valence-electron chi connectivity index (χ0n) is 13.7. The van der Waals surface area contributed by atoms with E-state index in [0.717, 1.165) is 12.0 Å². The first kappa shape index (κ1) is 15.4. The molecule has 0 aliphatic carbocycles. The molecular weight excluding hydrogens is 306 g/mol. The van der Waals surface area contributed by atoms with Crippen molar-refractivity contribution in [1.29, 1.82) is 0 Å². The Kier molecular flexibility index (Phi) is 3.68. The van der Waals surface area contributed by atoms with Crippen molar-refractivity contribution in [2.45, 2.75) is 31.6 Å². The standard InChI is InChI=1S/C19H21NO4/c1-2-10-23-18(22)15-14-8-9-19(24-14)12-20(17(21)16(15)19)11-13-6-4-3-5-7-13/h3-9,14-16H,2,10-12H2,1H3/t14-,15?,16-,19?/m1/s1. The maximum Gasteiger partial charge on any atom is 0.312 e. The summed E-state index contributed by atoms with van der Waals surface area (Å²) in [5, 5.41) is 0. The molecule has 5 nitrogen and oxygen atoms in total. The van der Waals surface area contributed by atoms with E-state index in [2.05, 4.69) is 0 Å². The molecule has 3 heterocycles. The average molecular weight is 327 g/mol. The second-order valence-corrected chi connectivity index (χ2v) is 6.75. The molecule has 126 valence electrons. The molecular formula is C19H21NO4. The number of likely N-dealkylation sites (tertiary alicyclic amines) is 1. The summed E-state index contributed by atoms with van der Waals surface area (Å²) in [5.41, 5.74) is 0.415. The molecule has 5 heteroatoms. The summed E-state index contributed by atoms with van der Waals surface area (Å²) >= 11 is 0. The number of amides is 1. The Bertz CT molecular complexity index is 686. The van der Waals surface area contributed by atoms with Gasteiger partial charge in [0.05, 0.1) is 25.2 Å². The molecule has 0 radical (unpaired) electrons. The summed E-state index contributed by atoms with van der Waals surface area (Å²) in [7, 11) is 0. The normalized spacial score (nSPS) is 33.1. The first-order chi connectivity index (χ1) is 11.6. The number of nitrogens with zero attached hydrogens (tertiary/aromatic N) is 1. The highest BCUT2D eigenvalue weighted by Crippen LogP contribution is 2.52. The number of fused-ring (bicyclic) bond motifs is 1. The lowest BCUT2D eigenvalue weighted by molar-refractivity contribution is -0.153. The fraction of sp³-hybridized carbons (Fsp3) is 0.474. The summed E-state index contributed by atoms with van der Waals surface area (Å²) in [4.78, 5) is 27.2. The van der Waals surface area contributed by atoms with E-state index in [1.54, 1.807) is 4.90 Å². The number of ether oxygens (including phenoxy) is 2. The van der Waals surface area contributed by atoms with Crippen LogP contribution in [0.3, 0.4) is 0 Å². The van der Waals surface area contributed by atoms with E-state index in [1.807, 2.05) is 49.4 Å². The third-order valence-corrected chi connectivity index (χ3v) is 5.12. The predicted octanol–water partition coefficient (Wildman–Crippen LogP) is 1.92. The van der Waals surface area contributed by atoms with Gasteiger partial charge in [0.25, 0.3) is 0 Å². The molecule has 1 aromatic rings. The van der Waals surface area contributed by atoms with Gasteiger partial charge in [0.2, 0.25) is 5.91 Å². The van der Waals surface area contributed by atoms with E-state index in [1.165, 1.54) is 0 Å². The largest absolute Gasteiger partial charge is 0.465 e. The van der Waals surface area contributed by atoms with Crippen molar-refractivity contribution in [1.82, 2.24) is 4.90 Å². The number of benzene rings is 1. The van der Waals surface area contributed by atoms with E-state index in [9.17, 15) is 9.59 Å². The highest BCUT2D eigenvalue weighted by Gasteiger charge is 2.67. The molecule has 4 rings (SSSR count). The number of carbonyl (C=O) groups excluding carboxylic acids is 2. The van der Waals surface area contributed by atoms with Gasteiger partial charge >= 0.3 is 5.97 Å². The van der Waals surface area contributed by atoms with Crippen LogP contribution in [0.4, 0.5) is 0 Å². The molecule has 2 saturated heterocycles. The third-order valence-electron chi connectivity index (χ3n) is 5.12. The molecule has 1 amide bonds. The first-order valence-electron chi connectivity index (χ1n) is 8.51. The molecule has 3 aliphatic heterocycles. The van der Waals surface area contributed by atoms with Crippen LogP contribution < -0.4 is 0 Å². The minimum atomic E-state index is -0.660. The van der Waals surface area contributed by atoms with Gasteiger partial charge in [-0.2, -0.15) is 0 Å². The SMILES string of the molecule is CCCOC(=O)C1[C@H]2C=CC3(CN(Cc4ccccc4)C(=O)[C@@H]13)O2. The maximum absolute atomic E-state index is 13.0. The molecule has 1 spiro atoms. The number of esters is 1. The van der Waals surface area contributed by atoms with Crippen molar-refractivity contribution in [3.8, 4) is 0 Å². The number of rotatable bonds is 5. The second-order valence-electron chi connectivity index (χ2n) is 6.75. The summed E-state index contributed by atoms with van der Waals surface area (Å²) in [6.45, 7) is 3.37. The highest BCUT2D eigenvalue weighted by atomic mass is 16.6. The van der Waals surface area contributed by atoms with Crippen LogP contribution >= 0.6 is 0 Å². The molecule has 3 aliphatic rings. The van der Waals surface area contributed by atoms with Crippen LogP contribution in [0.1, 0.15) is 18.9 Å². The Labute approximate surface area is 141 Å². The van der Waals surface area contributed by atoms with Crippen molar-refractivity contribution in [3.05, 3.63) is 48.0 Å². The fourth-order valence-electron chi connectivity index (χ4n) is 4.08. The predicted molar refractivity (Wildman–Crippen MR) is 86.8 cm³/mol. The third kappa shape index (κ3) is 2.26. The highest BCUT2D eigenvalue weighted by molar-refractivity contribution is 5.91. The minimum Gasteiger partial charge on any atom is -0.465 e. The van der Waals surface area contributed by atoms with E-state index in [0.29, 0.717) is 19.7 Å². The lowest BCUT2D eigenvalue weighted by Crippen LogP contribution is -2.40. The molecule has 1 aromatic carbocycles. The van der Waals surface area contributed by atoms with Gasteiger partial charge in [-0.15, -0.1) is 0 Å². The van der Waals surface area contributed by atoms with Crippen LogP contribution in [-0.4, -0.2) is 41.6 Å². The molecule has 0 saturated carbocycles. The van der Waals surface area contributed by atoms with Crippen LogP contribution in [-0.2, 0) is 25.6 Å². The van der Waals surface area contributed by atoms with Gasteiger partial charge in [-0.1, -0.05) is 49.4 Å². The van der Waals surface area contributed by atoms with Gasteiger partial charge in [0.1, 0.15) is 11.5 Å². The Morgan fingerprint density at radius 3 is 2.92 bits per heavy atom. The summed E-state index contributed by atoms with van der Waals surface area (Å²) in [5.74, 6) is -1.30. The smallest absolute Gasteiger partial charge is 0.312 e. The van der Waals surface area contributed by atoms with E-state index >= 15 is 0 Å². The summed E-state index contributed by atoms with van der Waals surface area (Å²) in [6, 6.07) is 9.88. The summed E-state index contributed by atoms with van der Waals surface area (Å²) < 4.78 is 11.4. The molecule has 2 bridgehead atoms. The average Bonchev–Trinajstić information content (AvgIpc) is 3.22. The van der Waals surface area contributed by atoms with Crippen LogP contribution in [0.15, 0.2) is 42.5 Å². The first-order valence-corrected chi connectivity index (χ1v) is 8.51. The molecule has 0 aromatic heterocycles. The van der Waals surface area contributed by atoms with Crippen molar-refractivity contribution < 1.29 is 19.1 Å².